The minimum atomic E-state index is -0.416. The first-order valence-corrected chi connectivity index (χ1v) is 6.23. The number of benzene rings is 1. The smallest absolute Gasteiger partial charge is 0.407 e. The topological polar surface area (TPSA) is 51.2 Å². The van der Waals surface area contributed by atoms with Gasteiger partial charge in [0.1, 0.15) is 6.61 Å². The quantitative estimate of drug-likeness (QED) is 0.899. The summed E-state index contributed by atoms with van der Waals surface area (Å²) in [5, 5.41) is 3.79. The lowest BCUT2D eigenvalue weighted by molar-refractivity contribution is 0.131. The second-order valence-corrected chi connectivity index (χ2v) is 5.49. The van der Waals surface area contributed by atoms with E-state index in [1.807, 2.05) is 51.1 Å². The Morgan fingerprint density at radius 2 is 2.05 bits per heavy atom. The summed E-state index contributed by atoms with van der Waals surface area (Å²) in [5.41, 5.74) is 1.52. The first kappa shape index (κ1) is 13.3. The van der Waals surface area contributed by atoms with E-state index in [0.29, 0.717) is 0 Å². The van der Waals surface area contributed by atoms with Gasteiger partial charge in [-0.3, -0.25) is 4.98 Å². The van der Waals surface area contributed by atoms with Gasteiger partial charge in [-0.25, -0.2) is 4.79 Å². The Morgan fingerprint density at radius 1 is 1.32 bits per heavy atom. The van der Waals surface area contributed by atoms with Crippen LogP contribution in [0, 0.1) is 0 Å². The van der Waals surface area contributed by atoms with Crippen molar-refractivity contribution in [2.24, 2.45) is 0 Å². The highest BCUT2D eigenvalue weighted by Gasteiger charge is 2.14. The van der Waals surface area contributed by atoms with Gasteiger partial charge in [0.2, 0.25) is 0 Å². The molecule has 4 nitrogen and oxygen atoms in total. The Kier molecular flexibility index (Phi) is 3.69. The van der Waals surface area contributed by atoms with Gasteiger partial charge in [0.15, 0.2) is 0 Å². The van der Waals surface area contributed by atoms with Gasteiger partial charge in [-0.1, -0.05) is 18.2 Å². The van der Waals surface area contributed by atoms with Gasteiger partial charge in [0.25, 0.3) is 0 Å². The molecule has 0 spiro atoms. The van der Waals surface area contributed by atoms with Crippen molar-refractivity contribution in [2.75, 3.05) is 0 Å². The summed E-state index contributed by atoms with van der Waals surface area (Å²) in [6, 6.07) is 9.82. The Bertz CT molecular complexity index is 588. The Morgan fingerprint density at radius 3 is 2.79 bits per heavy atom. The molecule has 1 heterocycles. The summed E-state index contributed by atoms with van der Waals surface area (Å²) in [6.45, 7) is 5.95. The van der Waals surface area contributed by atoms with Crippen LogP contribution in [0.3, 0.4) is 0 Å². The second-order valence-electron chi connectivity index (χ2n) is 5.49. The van der Waals surface area contributed by atoms with E-state index < -0.39 is 6.09 Å². The zero-order valence-corrected chi connectivity index (χ0v) is 11.4. The van der Waals surface area contributed by atoms with Crippen molar-refractivity contribution in [1.82, 2.24) is 10.3 Å². The number of nitrogens with zero attached hydrogens (tertiary/aromatic N) is 1. The van der Waals surface area contributed by atoms with Gasteiger partial charge >= 0.3 is 6.09 Å². The summed E-state index contributed by atoms with van der Waals surface area (Å²) in [4.78, 5) is 15.9. The number of amides is 1. The van der Waals surface area contributed by atoms with Crippen molar-refractivity contribution in [2.45, 2.75) is 32.9 Å². The summed E-state index contributed by atoms with van der Waals surface area (Å²) < 4.78 is 5.16. The molecule has 100 valence electrons. The molecule has 1 N–H and O–H groups in total. The fourth-order valence-corrected chi connectivity index (χ4v) is 1.69. The van der Waals surface area contributed by atoms with E-state index in [4.69, 9.17) is 4.74 Å². The van der Waals surface area contributed by atoms with E-state index in [1.54, 1.807) is 6.20 Å². The molecule has 2 rings (SSSR count). The lowest BCUT2D eigenvalue weighted by atomic mass is 10.1. The third-order valence-electron chi connectivity index (χ3n) is 2.49. The maximum absolute atomic E-state index is 11.5. The second kappa shape index (κ2) is 5.26. The number of carbonyl (C=O) groups is 1. The molecule has 4 heteroatoms. The molecule has 2 aromatic rings. The zero-order valence-electron chi connectivity index (χ0n) is 11.4. The average molecular weight is 258 g/mol. The van der Waals surface area contributed by atoms with Crippen LogP contribution in [0.2, 0.25) is 0 Å². The molecule has 0 aliphatic heterocycles. The van der Waals surface area contributed by atoms with E-state index in [-0.39, 0.29) is 12.1 Å². The van der Waals surface area contributed by atoms with Crippen LogP contribution in [-0.4, -0.2) is 16.6 Å². The van der Waals surface area contributed by atoms with E-state index >= 15 is 0 Å². The molecule has 0 bridgehead atoms. The number of ether oxygens (including phenoxy) is 1. The predicted molar refractivity (Wildman–Crippen MR) is 74.8 cm³/mol. The van der Waals surface area contributed by atoms with Gasteiger partial charge in [-0.15, -0.1) is 0 Å². The van der Waals surface area contributed by atoms with Crippen LogP contribution in [0.15, 0.2) is 36.5 Å². The van der Waals surface area contributed by atoms with Gasteiger partial charge in [-0.2, -0.15) is 0 Å². The van der Waals surface area contributed by atoms with Crippen LogP contribution in [0.1, 0.15) is 26.3 Å². The van der Waals surface area contributed by atoms with Crippen LogP contribution in [0.4, 0.5) is 4.79 Å². The first-order valence-electron chi connectivity index (χ1n) is 6.23. The third-order valence-corrected chi connectivity index (χ3v) is 2.49. The largest absolute Gasteiger partial charge is 0.445 e. The van der Waals surface area contributed by atoms with E-state index in [2.05, 4.69) is 10.3 Å². The zero-order chi connectivity index (χ0) is 13.9. The molecule has 19 heavy (non-hydrogen) atoms. The fraction of sp³-hybridized carbons (Fsp3) is 0.333. The summed E-state index contributed by atoms with van der Waals surface area (Å²) in [5.74, 6) is 0. The summed E-state index contributed by atoms with van der Waals surface area (Å²) >= 11 is 0. The molecule has 0 aliphatic carbocycles. The maximum Gasteiger partial charge on any atom is 0.407 e. The highest BCUT2D eigenvalue weighted by atomic mass is 16.5. The monoisotopic (exact) mass is 258 g/mol. The van der Waals surface area contributed by atoms with Gasteiger partial charge in [-0.05, 0) is 32.9 Å². The molecule has 0 unspecified atom stereocenters. The number of aromatic nitrogens is 1. The molecular formula is C15H18N2O2. The number of rotatable bonds is 2. The standard InChI is InChI=1S/C15H18N2O2/c1-15(2,3)17-14(18)19-10-11-8-12-6-4-5-7-13(12)16-9-11/h4-9H,10H2,1-3H3,(H,17,18). The van der Waals surface area contributed by atoms with Gasteiger partial charge in [0, 0.05) is 22.7 Å². The predicted octanol–water partition coefficient (Wildman–Crippen LogP) is 3.26. The number of nitrogens with one attached hydrogen (secondary N) is 1. The van der Waals surface area contributed by atoms with E-state index in [1.165, 1.54) is 0 Å². The minimum Gasteiger partial charge on any atom is -0.445 e. The number of fused-ring (bicyclic) bond motifs is 1. The third kappa shape index (κ3) is 3.95. The van der Waals surface area contributed by atoms with Crippen molar-refractivity contribution in [3.05, 3.63) is 42.1 Å². The number of hydrogen-bond donors (Lipinski definition) is 1. The number of alkyl carbamates (subject to hydrolysis) is 1. The number of para-hydroxylation sites is 1. The normalized spacial score (nSPS) is 11.3. The van der Waals surface area contributed by atoms with E-state index in [0.717, 1.165) is 16.5 Å². The first-order chi connectivity index (χ1) is 8.94. The average Bonchev–Trinajstić information content (AvgIpc) is 2.34. The Labute approximate surface area is 112 Å². The fourth-order valence-electron chi connectivity index (χ4n) is 1.69. The number of hydrogen-bond acceptors (Lipinski definition) is 3. The lowest BCUT2D eigenvalue weighted by Gasteiger charge is -2.19. The minimum absolute atomic E-state index is 0.222. The highest BCUT2D eigenvalue weighted by molar-refractivity contribution is 5.78. The van der Waals surface area contributed by atoms with Crippen molar-refractivity contribution >= 4 is 17.0 Å². The molecule has 0 radical (unpaired) electrons. The molecule has 0 atom stereocenters. The molecule has 0 saturated carbocycles. The number of carbonyl (C=O) groups excluding carboxylic acids is 1. The van der Waals surface area contributed by atoms with Crippen LogP contribution >= 0.6 is 0 Å². The summed E-state index contributed by atoms with van der Waals surface area (Å²) in [6.07, 6.45) is 1.31. The van der Waals surface area contributed by atoms with Crippen LogP contribution in [0.25, 0.3) is 10.9 Å². The van der Waals surface area contributed by atoms with Gasteiger partial charge in [0.05, 0.1) is 5.52 Å². The van der Waals surface area contributed by atoms with Crippen molar-refractivity contribution in [3.63, 3.8) is 0 Å². The highest BCUT2D eigenvalue weighted by Crippen LogP contribution is 2.13. The van der Waals surface area contributed by atoms with Crippen molar-refractivity contribution < 1.29 is 9.53 Å². The van der Waals surface area contributed by atoms with Gasteiger partial charge < -0.3 is 10.1 Å². The molecule has 0 fully saturated rings. The van der Waals surface area contributed by atoms with Crippen LogP contribution in [0.5, 0.6) is 0 Å². The molecular weight excluding hydrogens is 240 g/mol. The molecule has 0 saturated heterocycles. The summed E-state index contributed by atoms with van der Waals surface area (Å²) in [7, 11) is 0. The molecule has 1 aromatic carbocycles. The molecule has 0 aliphatic rings. The Balaban J connectivity index is 2.00. The van der Waals surface area contributed by atoms with Crippen molar-refractivity contribution in [1.29, 1.82) is 0 Å². The number of pyridine rings is 1. The van der Waals surface area contributed by atoms with E-state index in [9.17, 15) is 4.79 Å². The molecule has 1 amide bonds. The SMILES string of the molecule is CC(C)(C)NC(=O)OCc1cnc2ccccc2c1. The molecule has 1 aromatic heterocycles. The van der Waals surface area contributed by atoms with Crippen LogP contribution < -0.4 is 5.32 Å². The Hall–Kier alpha value is -2.10. The lowest BCUT2D eigenvalue weighted by Crippen LogP contribution is -2.40. The van der Waals surface area contributed by atoms with Crippen LogP contribution in [-0.2, 0) is 11.3 Å². The maximum atomic E-state index is 11.5. The van der Waals surface area contributed by atoms with Crippen molar-refractivity contribution in [3.8, 4) is 0 Å².